The number of anilines is 1. The van der Waals surface area contributed by atoms with Crippen LogP contribution in [0.25, 0.3) is 0 Å². The molecule has 7 nitrogen and oxygen atoms in total. The number of piperazine rings is 2. The summed E-state index contributed by atoms with van der Waals surface area (Å²) in [5.74, 6) is 0.858. The average molecular weight is 362 g/mol. The number of benzene rings is 1. The number of hydrogen-bond acceptors (Lipinski definition) is 6. The number of carbonyl (C=O) groups excluding carboxylic acids is 1. The third-order valence-corrected chi connectivity index (χ3v) is 5.20. The van der Waals surface area contributed by atoms with Crippen LogP contribution in [-0.4, -0.2) is 100 Å². The van der Waals surface area contributed by atoms with Crippen molar-refractivity contribution in [2.75, 3.05) is 84.6 Å². The lowest BCUT2D eigenvalue weighted by Gasteiger charge is -2.36. The molecule has 2 saturated heterocycles. The predicted octanol–water partition coefficient (Wildman–Crippen LogP) is 1.20. The van der Waals surface area contributed by atoms with Gasteiger partial charge in [0.15, 0.2) is 0 Å². The molecule has 2 aliphatic rings. The van der Waals surface area contributed by atoms with E-state index in [0.717, 1.165) is 57.3 Å². The van der Waals surface area contributed by atoms with E-state index in [-0.39, 0.29) is 6.09 Å². The molecule has 0 atom stereocenters. The van der Waals surface area contributed by atoms with Gasteiger partial charge in [0.1, 0.15) is 12.4 Å². The zero-order chi connectivity index (χ0) is 18.4. The summed E-state index contributed by atoms with van der Waals surface area (Å²) in [4.78, 5) is 21.0. The molecule has 0 unspecified atom stereocenters. The van der Waals surface area contributed by atoms with Crippen LogP contribution in [0.3, 0.4) is 0 Å². The fraction of sp³-hybridized carbons (Fsp3) is 0.632. The van der Waals surface area contributed by atoms with E-state index < -0.39 is 0 Å². The highest BCUT2D eigenvalue weighted by molar-refractivity contribution is 5.68. The Bertz CT molecular complexity index is 565. The van der Waals surface area contributed by atoms with Crippen molar-refractivity contribution in [2.24, 2.45) is 0 Å². The Labute approximate surface area is 156 Å². The maximum atomic E-state index is 12.3. The van der Waals surface area contributed by atoms with Gasteiger partial charge in [0.2, 0.25) is 0 Å². The van der Waals surface area contributed by atoms with Gasteiger partial charge in [-0.3, -0.25) is 4.90 Å². The second-order valence-corrected chi connectivity index (χ2v) is 6.93. The van der Waals surface area contributed by atoms with Crippen molar-refractivity contribution < 1.29 is 14.3 Å². The van der Waals surface area contributed by atoms with Crippen molar-refractivity contribution in [1.82, 2.24) is 14.7 Å². The van der Waals surface area contributed by atoms with Gasteiger partial charge in [0.05, 0.1) is 7.11 Å². The Kier molecular flexibility index (Phi) is 6.57. The fourth-order valence-corrected chi connectivity index (χ4v) is 3.37. The van der Waals surface area contributed by atoms with E-state index in [1.54, 1.807) is 7.11 Å². The summed E-state index contributed by atoms with van der Waals surface area (Å²) in [7, 11) is 3.81. The molecule has 0 aliphatic carbocycles. The van der Waals surface area contributed by atoms with Gasteiger partial charge >= 0.3 is 6.09 Å². The lowest BCUT2D eigenvalue weighted by Crippen LogP contribution is -2.49. The van der Waals surface area contributed by atoms with Gasteiger partial charge < -0.3 is 24.2 Å². The van der Waals surface area contributed by atoms with Crippen LogP contribution in [0.15, 0.2) is 24.3 Å². The van der Waals surface area contributed by atoms with Gasteiger partial charge in [-0.1, -0.05) is 0 Å². The van der Waals surface area contributed by atoms with E-state index in [4.69, 9.17) is 9.47 Å². The third-order valence-electron chi connectivity index (χ3n) is 5.20. The van der Waals surface area contributed by atoms with E-state index in [0.29, 0.717) is 19.7 Å². The zero-order valence-electron chi connectivity index (χ0n) is 15.9. The summed E-state index contributed by atoms with van der Waals surface area (Å²) in [6.45, 7) is 8.59. The number of ether oxygens (including phenoxy) is 2. The second-order valence-electron chi connectivity index (χ2n) is 6.93. The third kappa shape index (κ3) is 5.02. The standard InChI is InChI=1S/C19H30N4O3/c1-20-7-9-21(10-8-20)15-16-26-19(24)23-13-11-22(12-14-23)17-3-5-18(25-2)6-4-17/h3-6H,7-16H2,1-2H3. The number of amides is 1. The number of rotatable bonds is 5. The van der Waals surface area contributed by atoms with Gasteiger partial charge in [-0.25, -0.2) is 4.79 Å². The van der Waals surface area contributed by atoms with Gasteiger partial charge in [-0.05, 0) is 31.3 Å². The topological polar surface area (TPSA) is 48.5 Å². The number of methoxy groups -OCH3 is 1. The molecule has 26 heavy (non-hydrogen) atoms. The number of nitrogens with zero attached hydrogens (tertiary/aromatic N) is 4. The van der Waals surface area contributed by atoms with Gasteiger partial charge in [-0.2, -0.15) is 0 Å². The number of likely N-dealkylation sites (N-methyl/N-ethyl adjacent to an activating group) is 1. The molecule has 7 heteroatoms. The molecular formula is C19H30N4O3. The van der Waals surface area contributed by atoms with Gasteiger partial charge in [0, 0.05) is 64.6 Å². The highest BCUT2D eigenvalue weighted by atomic mass is 16.6. The first kappa shape index (κ1) is 18.8. The van der Waals surface area contributed by atoms with E-state index in [1.807, 2.05) is 17.0 Å². The van der Waals surface area contributed by atoms with Gasteiger partial charge in [0.25, 0.3) is 0 Å². The molecule has 0 bridgehead atoms. The fourth-order valence-electron chi connectivity index (χ4n) is 3.37. The molecule has 144 valence electrons. The van der Waals surface area contributed by atoms with E-state index >= 15 is 0 Å². The van der Waals surface area contributed by atoms with Crippen LogP contribution in [0.1, 0.15) is 0 Å². The van der Waals surface area contributed by atoms with Crippen molar-refractivity contribution in [3.8, 4) is 5.75 Å². The van der Waals surface area contributed by atoms with Crippen molar-refractivity contribution in [1.29, 1.82) is 0 Å². The number of hydrogen-bond donors (Lipinski definition) is 0. The summed E-state index contributed by atoms with van der Waals surface area (Å²) >= 11 is 0. The summed E-state index contributed by atoms with van der Waals surface area (Å²) in [6.07, 6.45) is -0.187. The molecule has 1 amide bonds. The van der Waals surface area contributed by atoms with E-state index in [1.165, 1.54) is 0 Å². The van der Waals surface area contributed by atoms with Gasteiger partial charge in [-0.15, -0.1) is 0 Å². The first-order valence-corrected chi connectivity index (χ1v) is 9.37. The van der Waals surface area contributed by atoms with Crippen molar-refractivity contribution in [3.63, 3.8) is 0 Å². The number of carbonyl (C=O) groups is 1. The van der Waals surface area contributed by atoms with E-state index in [2.05, 4.69) is 33.9 Å². The predicted molar refractivity (Wildman–Crippen MR) is 102 cm³/mol. The zero-order valence-corrected chi connectivity index (χ0v) is 15.9. The molecule has 1 aromatic carbocycles. The quantitative estimate of drug-likeness (QED) is 0.785. The minimum Gasteiger partial charge on any atom is -0.497 e. The lowest BCUT2D eigenvalue weighted by atomic mass is 10.2. The summed E-state index contributed by atoms with van der Waals surface area (Å²) in [6, 6.07) is 8.05. The van der Waals surface area contributed by atoms with Crippen molar-refractivity contribution in [3.05, 3.63) is 24.3 Å². The first-order chi connectivity index (χ1) is 12.7. The molecule has 0 radical (unpaired) electrons. The minimum atomic E-state index is -0.187. The molecule has 3 rings (SSSR count). The average Bonchev–Trinajstić information content (AvgIpc) is 2.69. The molecule has 2 fully saturated rings. The van der Waals surface area contributed by atoms with Crippen LogP contribution in [-0.2, 0) is 4.74 Å². The summed E-state index contributed by atoms with van der Waals surface area (Å²) < 4.78 is 10.7. The highest BCUT2D eigenvalue weighted by Gasteiger charge is 2.22. The highest BCUT2D eigenvalue weighted by Crippen LogP contribution is 2.20. The Morgan fingerprint density at radius 3 is 2.23 bits per heavy atom. The summed E-state index contributed by atoms with van der Waals surface area (Å²) in [5.41, 5.74) is 1.16. The van der Waals surface area contributed by atoms with Crippen molar-refractivity contribution >= 4 is 11.8 Å². The Morgan fingerprint density at radius 1 is 0.962 bits per heavy atom. The summed E-state index contributed by atoms with van der Waals surface area (Å²) in [5, 5.41) is 0. The Balaban J connectivity index is 1.36. The molecular weight excluding hydrogens is 332 g/mol. The van der Waals surface area contributed by atoms with Crippen LogP contribution >= 0.6 is 0 Å². The van der Waals surface area contributed by atoms with Crippen LogP contribution in [0.4, 0.5) is 10.5 Å². The normalized spacial score (nSPS) is 19.5. The molecule has 2 heterocycles. The Hall–Kier alpha value is -1.99. The molecule has 1 aromatic rings. The maximum absolute atomic E-state index is 12.3. The SMILES string of the molecule is COc1ccc(N2CCN(C(=O)OCCN3CCN(C)CC3)CC2)cc1. The monoisotopic (exact) mass is 362 g/mol. The smallest absolute Gasteiger partial charge is 0.409 e. The van der Waals surface area contributed by atoms with Crippen LogP contribution in [0.5, 0.6) is 5.75 Å². The largest absolute Gasteiger partial charge is 0.497 e. The second kappa shape index (κ2) is 9.09. The van der Waals surface area contributed by atoms with Crippen LogP contribution < -0.4 is 9.64 Å². The molecule has 0 aromatic heterocycles. The minimum absolute atomic E-state index is 0.187. The molecule has 2 aliphatic heterocycles. The van der Waals surface area contributed by atoms with E-state index in [9.17, 15) is 4.79 Å². The van der Waals surface area contributed by atoms with Crippen LogP contribution in [0, 0.1) is 0 Å². The van der Waals surface area contributed by atoms with Crippen molar-refractivity contribution in [2.45, 2.75) is 0 Å². The molecule has 0 saturated carbocycles. The lowest BCUT2D eigenvalue weighted by molar-refractivity contribution is 0.0779. The molecule has 0 N–H and O–H groups in total. The first-order valence-electron chi connectivity index (χ1n) is 9.37. The molecule has 0 spiro atoms. The van der Waals surface area contributed by atoms with Crippen LogP contribution in [0.2, 0.25) is 0 Å². The maximum Gasteiger partial charge on any atom is 0.409 e. The Morgan fingerprint density at radius 2 is 1.62 bits per heavy atom.